The van der Waals surface area contributed by atoms with E-state index in [0.29, 0.717) is 6.07 Å². The summed E-state index contributed by atoms with van der Waals surface area (Å²) in [5.74, 6) is 0.159. The molecule has 0 radical (unpaired) electrons. The quantitative estimate of drug-likeness (QED) is 0.280. The minimum Gasteiger partial charge on any atom is -0.744 e. The van der Waals surface area contributed by atoms with E-state index in [1.807, 2.05) is 6.92 Å². The van der Waals surface area contributed by atoms with Crippen molar-refractivity contribution in [1.82, 2.24) is 4.57 Å². The van der Waals surface area contributed by atoms with E-state index in [-0.39, 0.29) is 28.3 Å². The molecule has 0 saturated heterocycles. The molecule has 1 aromatic heterocycles. The summed E-state index contributed by atoms with van der Waals surface area (Å²) < 4.78 is 132. The summed E-state index contributed by atoms with van der Waals surface area (Å²) in [5, 5.41) is 0. The molecule has 0 spiro atoms. The van der Waals surface area contributed by atoms with E-state index in [2.05, 4.69) is 0 Å². The van der Waals surface area contributed by atoms with E-state index in [0.717, 1.165) is 22.3 Å². The van der Waals surface area contributed by atoms with Gasteiger partial charge in [0.2, 0.25) is 0 Å². The van der Waals surface area contributed by atoms with Gasteiger partial charge in [-0.3, -0.25) is 0 Å². The Labute approximate surface area is 197 Å². The molecule has 3 aromatic rings. The molecule has 0 bridgehead atoms. The lowest BCUT2D eigenvalue weighted by molar-refractivity contribution is -0.702. The number of sulfone groups is 1. The van der Waals surface area contributed by atoms with Gasteiger partial charge in [0.15, 0.2) is 17.6 Å². The highest BCUT2D eigenvalue weighted by Crippen LogP contribution is 2.32. The molecule has 7 nitrogen and oxygen atoms in total. The number of aromatic nitrogens is 2. The predicted octanol–water partition coefficient (Wildman–Crippen LogP) is 4.01. The van der Waals surface area contributed by atoms with Crippen LogP contribution in [0, 0.1) is 13.8 Å². The van der Waals surface area contributed by atoms with Gasteiger partial charge in [-0.2, -0.15) is 26.3 Å². The van der Waals surface area contributed by atoms with E-state index in [4.69, 9.17) is 0 Å². The van der Waals surface area contributed by atoms with E-state index in [1.165, 1.54) is 23.6 Å². The monoisotopic (exact) mass is 546 g/mol. The van der Waals surface area contributed by atoms with Crippen LogP contribution in [0.5, 0.6) is 0 Å². The molecule has 0 N–H and O–H groups in total. The molecule has 194 valence electrons. The molecule has 35 heavy (non-hydrogen) atoms. The van der Waals surface area contributed by atoms with Gasteiger partial charge in [0.1, 0.15) is 10.1 Å². The van der Waals surface area contributed by atoms with Crippen molar-refractivity contribution < 1.29 is 52.3 Å². The topological polar surface area (TPSA) is 100 Å². The first kappa shape index (κ1) is 28.6. The molecule has 2 aromatic carbocycles. The highest BCUT2D eigenvalue weighted by atomic mass is 32.2. The van der Waals surface area contributed by atoms with E-state index in [9.17, 15) is 47.7 Å². The largest absolute Gasteiger partial charge is 0.744 e. The maximum absolute atomic E-state index is 12.7. The Kier molecular flexibility index (Phi) is 7.98. The minimum absolute atomic E-state index is 0.00722. The van der Waals surface area contributed by atoms with Crippen molar-refractivity contribution in [1.29, 1.82) is 0 Å². The molecule has 0 atom stereocenters. The Morgan fingerprint density at radius 3 is 1.83 bits per heavy atom. The Morgan fingerprint density at radius 1 is 0.886 bits per heavy atom. The number of fused-ring (bicyclic) bond motifs is 1. The Hall–Kier alpha value is -2.65. The SMILES string of the molecule is CCn1c(C)[n+](CC(F)(F)F)c2ccc(S(=O)(=O)C(F)(F)F)cc21.Cc1ccc(S(=O)(=O)[O-])cc1. The molecule has 0 fully saturated rings. The van der Waals surface area contributed by atoms with Crippen LogP contribution in [0.15, 0.2) is 52.3 Å². The highest BCUT2D eigenvalue weighted by molar-refractivity contribution is 7.92. The normalized spacial score (nSPS) is 13.0. The maximum Gasteiger partial charge on any atom is 0.501 e. The first-order valence-corrected chi connectivity index (χ1v) is 12.6. The minimum atomic E-state index is -5.58. The number of rotatable bonds is 4. The van der Waals surface area contributed by atoms with Gasteiger partial charge in [0, 0.05) is 13.0 Å². The van der Waals surface area contributed by atoms with Crippen molar-refractivity contribution in [3.8, 4) is 0 Å². The third-order valence-electron chi connectivity index (χ3n) is 4.89. The van der Waals surface area contributed by atoms with E-state index >= 15 is 0 Å². The van der Waals surface area contributed by atoms with Gasteiger partial charge in [-0.25, -0.2) is 26.0 Å². The van der Waals surface area contributed by atoms with Crippen LogP contribution in [0.25, 0.3) is 11.0 Å². The lowest BCUT2D eigenvalue weighted by Crippen LogP contribution is -2.43. The fraction of sp³-hybridized carbons (Fsp3) is 0.350. The molecular formula is C20H20F6N2O5S2. The second-order valence-electron chi connectivity index (χ2n) is 7.36. The van der Waals surface area contributed by atoms with Crippen LogP contribution in [-0.4, -0.2) is 37.6 Å². The zero-order valence-electron chi connectivity index (χ0n) is 18.5. The van der Waals surface area contributed by atoms with Crippen molar-refractivity contribution in [3.05, 3.63) is 53.9 Å². The number of benzene rings is 2. The number of imidazole rings is 1. The summed E-state index contributed by atoms with van der Waals surface area (Å²) in [6, 6.07) is 8.16. The molecule has 0 aliphatic heterocycles. The molecule has 0 aliphatic rings. The molecule has 3 rings (SSSR count). The fourth-order valence-corrected chi connectivity index (χ4v) is 4.48. The van der Waals surface area contributed by atoms with Gasteiger partial charge in [0.25, 0.3) is 15.7 Å². The summed E-state index contributed by atoms with van der Waals surface area (Å²) in [6.07, 6.45) is -4.53. The maximum atomic E-state index is 12.7. The number of alkyl halides is 6. The molecular weight excluding hydrogens is 526 g/mol. The van der Waals surface area contributed by atoms with Crippen molar-refractivity contribution in [2.75, 3.05) is 0 Å². The standard InChI is InChI=1S/C13H13F6N2O2S.C7H8O3S/c1-3-20-8(2)21(7-12(14,15)16)10-5-4-9(6-11(10)20)24(22,23)13(17,18)19;1-6-2-4-7(5-3-6)11(8,9)10/h4-6H,3,7H2,1-2H3;2-5H,1H3,(H,8,9,10)/q+1;/p-1. The first-order chi connectivity index (χ1) is 15.8. The van der Waals surface area contributed by atoms with E-state index in [1.54, 1.807) is 19.1 Å². The van der Waals surface area contributed by atoms with Gasteiger partial charge in [-0.05, 0) is 38.1 Å². The molecule has 15 heteroatoms. The third kappa shape index (κ3) is 6.52. The van der Waals surface area contributed by atoms with Crippen LogP contribution < -0.4 is 4.57 Å². The van der Waals surface area contributed by atoms with Gasteiger partial charge in [-0.15, -0.1) is 0 Å². The van der Waals surface area contributed by atoms with Gasteiger partial charge >= 0.3 is 11.7 Å². The summed E-state index contributed by atoms with van der Waals surface area (Å²) in [7, 11) is -9.85. The Balaban J connectivity index is 0.000000328. The summed E-state index contributed by atoms with van der Waals surface area (Å²) in [4.78, 5) is -1.18. The van der Waals surface area contributed by atoms with Gasteiger partial charge < -0.3 is 4.55 Å². The molecule has 0 saturated carbocycles. The van der Waals surface area contributed by atoms with E-state index < -0.39 is 43.1 Å². The first-order valence-electron chi connectivity index (χ1n) is 9.73. The van der Waals surface area contributed by atoms with Crippen LogP contribution in [-0.2, 0) is 33.0 Å². The smallest absolute Gasteiger partial charge is 0.501 e. The average Bonchev–Trinajstić information content (AvgIpc) is 2.96. The zero-order valence-corrected chi connectivity index (χ0v) is 20.1. The fourth-order valence-electron chi connectivity index (χ4n) is 3.23. The second kappa shape index (κ2) is 9.78. The van der Waals surface area contributed by atoms with Crippen LogP contribution in [0.4, 0.5) is 26.3 Å². The lowest BCUT2D eigenvalue weighted by atomic mass is 10.2. The second-order valence-corrected chi connectivity index (χ2v) is 10.7. The molecule has 0 aliphatic carbocycles. The van der Waals surface area contributed by atoms with Crippen molar-refractivity contribution in [2.45, 2.75) is 55.3 Å². The number of halogens is 6. The molecule has 0 unspecified atom stereocenters. The summed E-state index contributed by atoms with van der Waals surface area (Å²) in [5.41, 5.74) is -4.56. The number of nitrogens with zero attached hydrogens (tertiary/aromatic N) is 2. The van der Waals surface area contributed by atoms with Crippen molar-refractivity contribution >= 4 is 31.0 Å². The zero-order chi connectivity index (χ0) is 27.0. The Morgan fingerprint density at radius 2 is 1.40 bits per heavy atom. The highest BCUT2D eigenvalue weighted by Gasteiger charge is 2.47. The third-order valence-corrected chi connectivity index (χ3v) is 7.22. The van der Waals surface area contributed by atoms with Crippen LogP contribution in [0.1, 0.15) is 18.3 Å². The average molecular weight is 547 g/mol. The number of hydrogen-bond acceptors (Lipinski definition) is 5. The summed E-state index contributed by atoms with van der Waals surface area (Å²) in [6.45, 7) is 3.64. The predicted molar refractivity (Wildman–Crippen MR) is 111 cm³/mol. The van der Waals surface area contributed by atoms with Crippen molar-refractivity contribution in [2.24, 2.45) is 0 Å². The van der Waals surface area contributed by atoms with Crippen LogP contribution in [0.2, 0.25) is 0 Å². The molecule has 0 amide bonds. The van der Waals surface area contributed by atoms with Gasteiger partial charge in [-0.1, -0.05) is 17.7 Å². The summed E-state index contributed by atoms with van der Waals surface area (Å²) >= 11 is 0. The Bertz CT molecular complexity index is 1430. The van der Waals surface area contributed by atoms with Crippen LogP contribution >= 0.6 is 0 Å². The number of hydrogen-bond donors (Lipinski definition) is 0. The van der Waals surface area contributed by atoms with Crippen LogP contribution in [0.3, 0.4) is 0 Å². The lowest BCUT2D eigenvalue weighted by Gasteiger charge is -2.07. The van der Waals surface area contributed by atoms with Crippen molar-refractivity contribution in [3.63, 3.8) is 0 Å². The number of aryl methyl sites for hydroxylation is 2. The van der Waals surface area contributed by atoms with Gasteiger partial charge in [0.05, 0.1) is 16.3 Å². The molecule has 1 heterocycles.